The summed E-state index contributed by atoms with van der Waals surface area (Å²) in [6.45, 7) is 0. The van der Waals surface area contributed by atoms with Crippen LogP contribution in [0.4, 0.5) is 39.7 Å². The molecule has 0 saturated heterocycles. The summed E-state index contributed by atoms with van der Waals surface area (Å²) in [5, 5.41) is 8.73. The molecule has 0 atom stereocenters. The van der Waals surface area contributed by atoms with Gasteiger partial charge in [-0.15, -0.1) is 0 Å². The Morgan fingerprint density at radius 2 is 1.92 bits per heavy atom. The van der Waals surface area contributed by atoms with Crippen molar-refractivity contribution in [3.05, 3.63) is 48.3 Å². The molecule has 0 spiro atoms. The Bertz CT molecular complexity index is 1500. The van der Waals surface area contributed by atoms with Gasteiger partial charge in [-0.1, -0.05) is 5.16 Å². The number of halogens is 4. The second-order valence-corrected chi connectivity index (χ2v) is 9.07. The summed E-state index contributed by atoms with van der Waals surface area (Å²) in [4.78, 5) is 20.7. The zero-order chi connectivity index (χ0) is 25.2. The van der Waals surface area contributed by atoms with Crippen LogP contribution >= 0.6 is 0 Å². The van der Waals surface area contributed by atoms with Gasteiger partial charge in [0.2, 0.25) is 5.88 Å². The molecule has 0 bridgehead atoms. The van der Waals surface area contributed by atoms with Crippen LogP contribution in [0.25, 0.3) is 22.2 Å². The molecule has 6 rings (SSSR count). The predicted octanol–water partition coefficient (Wildman–Crippen LogP) is 5.38. The van der Waals surface area contributed by atoms with E-state index in [-0.39, 0.29) is 47.5 Å². The summed E-state index contributed by atoms with van der Waals surface area (Å²) in [5.74, 6) is -0.632. The van der Waals surface area contributed by atoms with E-state index in [9.17, 15) is 18.0 Å². The zero-order valence-corrected chi connectivity index (χ0v) is 18.6. The topological polar surface area (TPSA) is 124 Å². The number of nitrogen functional groups attached to an aromatic ring is 1. The van der Waals surface area contributed by atoms with E-state index in [0.717, 1.165) is 25.0 Å². The first-order valence-electron chi connectivity index (χ1n) is 11.2. The first-order valence-corrected chi connectivity index (χ1v) is 11.2. The lowest BCUT2D eigenvalue weighted by Gasteiger charge is -2.15. The van der Waals surface area contributed by atoms with Crippen molar-refractivity contribution in [2.45, 2.75) is 43.3 Å². The third kappa shape index (κ3) is 3.62. The minimum absolute atomic E-state index is 0.0859. The largest absolute Gasteiger partial charge is 0.400 e. The van der Waals surface area contributed by atoms with Crippen LogP contribution in [0.1, 0.15) is 37.4 Å². The van der Waals surface area contributed by atoms with Crippen molar-refractivity contribution >= 4 is 34.5 Å². The highest BCUT2D eigenvalue weighted by Crippen LogP contribution is 2.58. The van der Waals surface area contributed by atoms with E-state index in [4.69, 9.17) is 10.3 Å². The highest BCUT2D eigenvalue weighted by atomic mass is 19.4. The van der Waals surface area contributed by atoms with Gasteiger partial charge in [-0.25, -0.2) is 19.2 Å². The number of fused-ring (bicyclic) bond motifs is 1. The van der Waals surface area contributed by atoms with Gasteiger partial charge in [0, 0.05) is 35.1 Å². The summed E-state index contributed by atoms with van der Waals surface area (Å²) < 4.78 is 61.7. The van der Waals surface area contributed by atoms with Gasteiger partial charge in [-0.05, 0) is 43.9 Å². The molecule has 2 aliphatic rings. The first-order chi connectivity index (χ1) is 17.2. The number of nitrogens with two attached hydrogens (primary N) is 1. The minimum atomic E-state index is -4.45. The van der Waals surface area contributed by atoms with E-state index in [1.165, 1.54) is 18.5 Å². The number of benzene rings is 1. The van der Waals surface area contributed by atoms with Crippen molar-refractivity contribution in [3.8, 4) is 11.1 Å². The number of carbonyl (C=O) groups is 1. The van der Waals surface area contributed by atoms with Crippen molar-refractivity contribution in [2.24, 2.45) is 0 Å². The van der Waals surface area contributed by atoms with Crippen LogP contribution < -0.4 is 16.4 Å². The molecule has 4 aromatic rings. The monoisotopic (exact) mass is 501 g/mol. The summed E-state index contributed by atoms with van der Waals surface area (Å²) in [6, 6.07) is 4.62. The lowest BCUT2D eigenvalue weighted by molar-refractivity contribution is -0.161. The molecule has 0 radical (unpaired) electrons. The van der Waals surface area contributed by atoms with Crippen molar-refractivity contribution in [1.29, 1.82) is 0 Å². The lowest BCUT2D eigenvalue weighted by Crippen LogP contribution is -2.28. The molecule has 1 aromatic carbocycles. The molecular formula is C23H19F4N7O2. The van der Waals surface area contributed by atoms with Crippen LogP contribution in [0, 0.1) is 5.82 Å². The number of carbonyl (C=O) groups excluding carboxylic acids is 1. The minimum Gasteiger partial charge on any atom is -0.383 e. The van der Waals surface area contributed by atoms with E-state index in [0.29, 0.717) is 16.6 Å². The van der Waals surface area contributed by atoms with Gasteiger partial charge in [0.05, 0.1) is 5.39 Å². The zero-order valence-electron chi connectivity index (χ0n) is 18.6. The number of amides is 2. The van der Waals surface area contributed by atoms with Gasteiger partial charge in [0.25, 0.3) is 0 Å². The van der Waals surface area contributed by atoms with E-state index >= 15 is 4.39 Å². The Morgan fingerprint density at radius 1 is 1.14 bits per heavy atom. The number of hydrogen-bond donors (Lipinski definition) is 3. The third-order valence-corrected chi connectivity index (χ3v) is 6.63. The quantitative estimate of drug-likeness (QED) is 0.316. The molecule has 4 N–H and O–H groups in total. The first kappa shape index (κ1) is 22.3. The third-order valence-electron chi connectivity index (χ3n) is 6.63. The second-order valence-electron chi connectivity index (χ2n) is 9.07. The van der Waals surface area contributed by atoms with Crippen molar-refractivity contribution in [2.75, 3.05) is 16.4 Å². The number of hydrogen-bond acceptors (Lipinski definition) is 6. The average Bonchev–Trinajstić information content (AvgIpc) is 3.73. The number of nitrogens with zero attached hydrogens (tertiary/aromatic N) is 4. The molecule has 2 aliphatic carbocycles. The Morgan fingerprint density at radius 3 is 2.58 bits per heavy atom. The SMILES string of the molecule is Nc1ncnc2c1c(-c1ccc(NC(=O)Nc3cc(C4(C(F)(F)F)CC4)no3)cc1F)cn2C1CC1. The van der Waals surface area contributed by atoms with Crippen LogP contribution in [-0.4, -0.2) is 31.9 Å². The maximum absolute atomic E-state index is 15.2. The molecule has 36 heavy (non-hydrogen) atoms. The van der Waals surface area contributed by atoms with Crippen molar-refractivity contribution in [3.63, 3.8) is 0 Å². The van der Waals surface area contributed by atoms with Crippen LogP contribution in [0.2, 0.25) is 0 Å². The summed E-state index contributed by atoms with van der Waals surface area (Å²) >= 11 is 0. The van der Waals surface area contributed by atoms with E-state index in [1.54, 1.807) is 6.20 Å². The second kappa shape index (κ2) is 7.67. The van der Waals surface area contributed by atoms with Gasteiger partial charge < -0.3 is 20.1 Å². The molecule has 2 fully saturated rings. The number of aromatic nitrogens is 4. The molecule has 0 aliphatic heterocycles. The van der Waals surface area contributed by atoms with Crippen molar-refractivity contribution < 1.29 is 26.9 Å². The molecule has 2 amide bonds. The fourth-order valence-corrected chi connectivity index (χ4v) is 4.40. The van der Waals surface area contributed by atoms with Gasteiger partial charge in [-0.3, -0.25) is 5.32 Å². The Kier molecular flexibility index (Phi) is 4.75. The summed E-state index contributed by atoms with van der Waals surface area (Å²) in [5.41, 5.74) is 5.32. The molecule has 13 heteroatoms. The molecule has 2 saturated carbocycles. The molecular weight excluding hydrogens is 482 g/mol. The molecule has 186 valence electrons. The number of rotatable bonds is 5. The maximum atomic E-state index is 15.2. The highest BCUT2D eigenvalue weighted by molar-refractivity contribution is 6.02. The van der Waals surface area contributed by atoms with E-state index in [1.807, 2.05) is 4.57 Å². The molecule has 3 heterocycles. The van der Waals surface area contributed by atoms with Gasteiger partial charge in [-0.2, -0.15) is 13.2 Å². The average molecular weight is 501 g/mol. The van der Waals surface area contributed by atoms with Crippen LogP contribution in [0.15, 0.2) is 41.3 Å². The van der Waals surface area contributed by atoms with E-state index in [2.05, 4.69) is 25.8 Å². The smallest absolute Gasteiger partial charge is 0.383 e. The van der Waals surface area contributed by atoms with Gasteiger partial charge in [0.1, 0.15) is 34.7 Å². The predicted molar refractivity (Wildman–Crippen MR) is 122 cm³/mol. The summed E-state index contributed by atoms with van der Waals surface area (Å²) in [7, 11) is 0. The molecule has 9 nitrogen and oxygen atoms in total. The Balaban J connectivity index is 1.21. The normalized spacial score (nSPS) is 16.8. The number of anilines is 3. The Hall–Kier alpha value is -4.16. The highest BCUT2D eigenvalue weighted by Gasteiger charge is 2.66. The Labute approximate surface area is 200 Å². The van der Waals surface area contributed by atoms with Crippen LogP contribution in [0.3, 0.4) is 0 Å². The standard InChI is InChI=1S/C23H19F4N7O2/c24-15-7-11(31-21(35)32-17-8-16(33-36-17)22(5-6-22)23(25,26)27)1-4-13(15)14-9-34(12-2-3-12)20-18(14)19(28)29-10-30-20/h1,4,7-10,12H,2-3,5-6H2,(H2,28,29,30)(H2,31,32,35). The number of alkyl halides is 3. The van der Waals surface area contributed by atoms with Crippen LogP contribution in [-0.2, 0) is 5.41 Å². The molecule has 0 unspecified atom stereocenters. The fourth-order valence-electron chi connectivity index (χ4n) is 4.40. The van der Waals surface area contributed by atoms with Crippen LogP contribution in [0.5, 0.6) is 0 Å². The summed E-state index contributed by atoms with van der Waals surface area (Å²) in [6.07, 6.45) is 0.544. The van der Waals surface area contributed by atoms with Gasteiger partial charge >= 0.3 is 12.2 Å². The van der Waals surface area contributed by atoms with Crippen molar-refractivity contribution in [1.82, 2.24) is 19.7 Å². The maximum Gasteiger partial charge on any atom is 0.400 e. The number of nitrogens with one attached hydrogen (secondary N) is 2. The fraction of sp³-hybridized carbons (Fsp3) is 0.304. The van der Waals surface area contributed by atoms with E-state index < -0.39 is 23.4 Å². The molecule has 3 aromatic heterocycles. The van der Waals surface area contributed by atoms with Gasteiger partial charge in [0.15, 0.2) is 0 Å². The lowest BCUT2D eigenvalue weighted by atomic mass is 10.0. The number of urea groups is 1.